The number of anilines is 1. The topological polar surface area (TPSA) is 70.7 Å². The Bertz CT molecular complexity index is 769. The molecular formula is C13H8ClFN4O. The second-order valence-corrected chi connectivity index (χ2v) is 4.41. The van der Waals surface area contributed by atoms with E-state index in [0.29, 0.717) is 5.52 Å². The highest BCUT2D eigenvalue weighted by molar-refractivity contribution is 6.33. The molecule has 2 aromatic heterocycles. The molecule has 0 saturated carbocycles. The van der Waals surface area contributed by atoms with E-state index in [1.54, 1.807) is 6.07 Å². The Hall–Kier alpha value is -2.47. The third kappa shape index (κ3) is 2.33. The molecule has 0 radical (unpaired) electrons. The summed E-state index contributed by atoms with van der Waals surface area (Å²) in [5, 5.41) is 2.45. The van der Waals surface area contributed by atoms with Crippen LogP contribution in [-0.2, 0) is 0 Å². The number of carbonyl (C=O) groups is 1. The van der Waals surface area contributed by atoms with Crippen LogP contribution in [0.15, 0.2) is 36.5 Å². The number of rotatable bonds is 2. The molecule has 20 heavy (non-hydrogen) atoms. The summed E-state index contributed by atoms with van der Waals surface area (Å²) < 4.78 is 13.1. The fourth-order valence-corrected chi connectivity index (χ4v) is 1.96. The maximum atomic E-state index is 13.1. The van der Waals surface area contributed by atoms with Crippen molar-refractivity contribution in [3.05, 3.63) is 53.1 Å². The van der Waals surface area contributed by atoms with Gasteiger partial charge in [0.2, 0.25) is 5.95 Å². The Morgan fingerprint density at radius 3 is 2.95 bits per heavy atom. The summed E-state index contributed by atoms with van der Waals surface area (Å²) in [6.07, 6.45) is 0.945. The number of halogens is 2. The van der Waals surface area contributed by atoms with E-state index in [4.69, 9.17) is 11.6 Å². The van der Waals surface area contributed by atoms with E-state index >= 15 is 0 Å². The van der Waals surface area contributed by atoms with Crippen LogP contribution in [-0.4, -0.2) is 20.9 Å². The van der Waals surface area contributed by atoms with Gasteiger partial charge in [-0.15, -0.1) is 0 Å². The van der Waals surface area contributed by atoms with Crippen molar-refractivity contribution >= 4 is 34.5 Å². The maximum Gasteiger partial charge on any atom is 0.261 e. The number of amides is 1. The minimum atomic E-state index is -0.635. The van der Waals surface area contributed by atoms with Crippen molar-refractivity contribution in [1.29, 1.82) is 0 Å². The first kappa shape index (κ1) is 12.6. The number of aromatic amines is 1. The normalized spacial score (nSPS) is 10.7. The fraction of sp³-hybridized carbons (Fsp3) is 0. The predicted octanol–water partition coefficient (Wildman–Crippen LogP) is 3.00. The lowest BCUT2D eigenvalue weighted by Gasteiger charge is -2.03. The number of para-hydroxylation sites is 2. The summed E-state index contributed by atoms with van der Waals surface area (Å²) in [6, 6.07) is 8.34. The zero-order valence-electron chi connectivity index (χ0n) is 10.0. The molecule has 0 aliphatic carbocycles. The van der Waals surface area contributed by atoms with Gasteiger partial charge in [0.15, 0.2) is 0 Å². The third-order valence-corrected chi connectivity index (χ3v) is 2.97. The average molecular weight is 291 g/mol. The van der Waals surface area contributed by atoms with Crippen LogP contribution in [0.1, 0.15) is 10.4 Å². The standard InChI is InChI=1S/C13H8ClFN4O/c14-11-8(5-7(15)6-16-11)12(20)19-13-17-9-3-1-2-4-10(9)18-13/h1-6H,(H2,17,18,19,20). The number of aromatic nitrogens is 3. The van der Waals surface area contributed by atoms with Crippen molar-refractivity contribution in [3.8, 4) is 0 Å². The number of pyridine rings is 1. The number of H-pyrrole nitrogens is 1. The molecule has 5 nitrogen and oxygen atoms in total. The van der Waals surface area contributed by atoms with Gasteiger partial charge < -0.3 is 4.98 Å². The molecule has 1 amide bonds. The van der Waals surface area contributed by atoms with Crippen LogP contribution < -0.4 is 5.32 Å². The Balaban J connectivity index is 1.90. The molecule has 0 bridgehead atoms. The quantitative estimate of drug-likeness (QED) is 0.713. The molecule has 0 atom stereocenters. The van der Waals surface area contributed by atoms with Gasteiger partial charge in [0.25, 0.3) is 5.91 Å². The highest BCUT2D eigenvalue weighted by Gasteiger charge is 2.14. The van der Waals surface area contributed by atoms with E-state index in [1.807, 2.05) is 18.2 Å². The average Bonchev–Trinajstić information content (AvgIpc) is 2.83. The summed E-state index contributed by atoms with van der Waals surface area (Å²) in [4.78, 5) is 22.7. The number of fused-ring (bicyclic) bond motifs is 1. The molecule has 0 saturated heterocycles. The van der Waals surface area contributed by atoms with Crippen molar-refractivity contribution in [2.24, 2.45) is 0 Å². The van der Waals surface area contributed by atoms with Gasteiger partial charge in [0, 0.05) is 0 Å². The second kappa shape index (κ2) is 4.90. The van der Waals surface area contributed by atoms with Crippen LogP contribution in [0.2, 0.25) is 5.15 Å². The number of hydrogen-bond acceptors (Lipinski definition) is 3. The van der Waals surface area contributed by atoms with Crippen LogP contribution >= 0.6 is 11.6 Å². The van der Waals surface area contributed by atoms with Crippen molar-refractivity contribution in [3.63, 3.8) is 0 Å². The molecule has 1 aromatic carbocycles. The lowest BCUT2D eigenvalue weighted by Crippen LogP contribution is -2.14. The SMILES string of the molecule is O=C(Nc1nc2ccccc2[nH]1)c1cc(F)cnc1Cl. The van der Waals surface area contributed by atoms with E-state index in [9.17, 15) is 9.18 Å². The number of nitrogens with one attached hydrogen (secondary N) is 2. The van der Waals surface area contributed by atoms with E-state index in [1.165, 1.54) is 0 Å². The zero-order chi connectivity index (χ0) is 14.1. The van der Waals surface area contributed by atoms with Crippen molar-refractivity contribution in [1.82, 2.24) is 15.0 Å². The van der Waals surface area contributed by atoms with Gasteiger partial charge in [-0.2, -0.15) is 0 Å². The largest absolute Gasteiger partial charge is 0.324 e. The van der Waals surface area contributed by atoms with E-state index in [0.717, 1.165) is 17.8 Å². The monoisotopic (exact) mass is 290 g/mol. The predicted molar refractivity (Wildman–Crippen MR) is 73.3 cm³/mol. The molecule has 3 aromatic rings. The highest BCUT2D eigenvalue weighted by Crippen LogP contribution is 2.17. The zero-order valence-corrected chi connectivity index (χ0v) is 10.8. The van der Waals surface area contributed by atoms with Crippen molar-refractivity contribution < 1.29 is 9.18 Å². The molecule has 2 heterocycles. The number of hydrogen-bond donors (Lipinski definition) is 2. The van der Waals surface area contributed by atoms with Gasteiger partial charge in [0.05, 0.1) is 22.8 Å². The molecule has 3 rings (SSSR count). The first-order valence-electron chi connectivity index (χ1n) is 5.70. The second-order valence-electron chi connectivity index (χ2n) is 4.05. The first-order valence-corrected chi connectivity index (χ1v) is 6.08. The third-order valence-electron chi connectivity index (χ3n) is 2.67. The molecule has 0 aliphatic heterocycles. The van der Waals surface area contributed by atoms with Crippen LogP contribution in [0.4, 0.5) is 10.3 Å². The molecule has 2 N–H and O–H groups in total. The van der Waals surface area contributed by atoms with Crippen molar-refractivity contribution in [2.75, 3.05) is 5.32 Å². The molecule has 0 spiro atoms. The number of nitrogens with zero attached hydrogens (tertiary/aromatic N) is 2. The van der Waals surface area contributed by atoms with E-state index in [2.05, 4.69) is 20.3 Å². The smallest absolute Gasteiger partial charge is 0.261 e. The minimum Gasteiger partial charge on any atom is -0.324 e. The van der Waals surface area contributed by atoms with Crippen LogP contribution in [0.3, 0.4) is 0 Å². The molecule has 0 aliphatic rings. The number of carbonyl (C=O) groups excluding carboxylic acids is 1. The van der Waals surface area contributed by atoms with E-state index in [-0.39, 0.29) is 16.7 Å². The molecule has 0 fully saturated rings. The van der Waals surface area contributed by atoms with Crippen LogP contribution in [0.5, 0.6) is 0 Å². The molecule has 0 unspecified atom stereocenters. The van der Waals surface area contributed by atoms with Crippen molar-refractivity contribution in [2.45, 2.75) is 0 Å². The minimum absolute atomic E-state index is 0.0490. The van der Waals surface area contributed by atoms with Gasteiger partial charge in [-0.05, 0) is 18.2 Å². The lowest BCUT2D eigenvalue weighted by atomic mass is 10.2. The maximum absolute atomic E-state index is 13.1. The Morgan fingerprint density at radius 1 is 1.35 bits per heavy atom. The summed E-state index contributed by atoms with van der Waals surface area (Å²) in [5.74, 6) is -0.957. The van der Waals surface area contributed by atoms with Gasteiger partial charge >= 0.3 is 0 Å². The number of imidazole rings is 1. The summed E-state index contributed by atoms with van der Waals surface area (Å²) in [7, 11) is 0. The summed E-state index contributed by atoms with van der Waals surface area (Å²) in [5.41, 5.74) is 1.45. The van der Waals surface area contributed by atoms with E-state index < -0.39 is 11.7 Å². The Kier molecular flexibility index (Phi) is 3.08. The lowest BCUT2D eigenvalue weighted by molar-refractivity contribution is 0.102. The Labute approximate surface area is 117 Å². The summed E-state index contributed by atoms with van der Waals surface area (Å²) in [6.45, 7) is 0. The summed E-state index contributed by atoms with van der Waals surface area (Å²) >= 11 is 5.77. The first-order chi connectivity index (χ1) is 9.63. The van der Waals surface area contributed by atoms with Gasteiger partial charge in [0.1, 0.15) is 11.0 Å². The Morgan fingerprint density at radius 2 is 2.15 bits per heavy atom. The highest BCUT2D eigenvalue weighted by atomic mass is 35.5. The molecule has 100 valence electrons. The molecule has 7 heteroatoms. The molecular weight excluding hydrogens is 283 g/mol. The van der Waals surface area contributed by atoms with Crippen LogP contribution in [0, 0.1) is 5.82 Å². The van der Waals surface area contributed by atoms with Gasteiger partial charge in [-0.1, -0.05) is 23.7 Å². The van der Waals surface area contributed by atoms with Gasteiger partial charge in [-0.3, -0.25) is 10.1 Å². The van der Waals surface area contributed by atoms with Gasteiger partial charge in [-0.25, -0.2) is 14.4 Å². The van der Waals surface area contributed by atoms with Crippen LogP contribution in [0.25, 0.3) is 11.0 Å². The number of benzene rings is 1. The fourth-order valence-electron chi connectivity index (χ4n) is 1.77.